The van der Waals surface area contributed by atoms with Crippen LogP contribution in [0.15, 0.2) is 30.4 Å². The van der Waals surface area contributed by atoms with Gasteiger partial charge in [0.15, 0.2) is 0 Å². The predicted molar refractivity (Wildman–Crippen MR) is 92.1 cm³/mol. The highest BCUT2D eigenvalue weighted by molar-refractivity contribution is 5.71. The highest BCUT2D eigenvalue weighted by Crippen LogP contribution is 2.35. The molecule has 0 radical (unpaired) electrons. The van der Waals surface area contributed by atoms with Crippen LogP contribution < -0.4 is 0 Å². The van der Waals surface area contributed by atoms with E-state index in [0.29, 0.717) is 5.92 Å². The van der Waals surface area contributed by atoms with Crippen LogP contribution in [0.2, 0.25) is 0 Å². The van der Waals surface area contributed by atoms with Crippen molar-refractivity contribution in [1.82, 2.24) is 4.57 Å². The van der Waals surface area contributed by atoms with Crippen molar-refractivity contribution in [3.05, 3.63) is 47.3 Å². The fourth-order valence-corrected chi connectivity index (χ4v) is 3.88. The van der Waals surface area contributed by atoms with Crippen LogP contribution in [-0.4, -0.2) is 4.57 Å². The maximum atomic E-state index is 4.21. The minimum Gasteiger partial charge on any atom is -0.314 e. The third kappa shape index (κ3) is 2.66. The normalized spacial score (nSPS) is 25.1. The van der Waals surface area contributed by atoms with E-state index in [1.165, 1.54) is 59.5 Å². The summed E-state index contributed by atoms with van der Waals surface area (Å²) in [5.74, 6) is 1.44. The molecule has 112 valence electrons. The lowest BCUT2D eigenvalue weighted by Crippen LogP contribution is -2.15. The van der Waals surface area contributed by atoms with E-state index in [1.54, 1.807) is 0 Å². The van der Waals surface area contributed by atoms with E-state index in [0.717, 1.165) is 5.92 Å². The Labute approximate surface area is 129 Å². The molecule has 0 fully saturated rings. The molecule has 3 rings (SSSR count). The van der Waals surface area contributed by atoms with Gasteiger partial charge in [-0.25, -0.2) is 0 Å². The van der Waals surface area contributed by atoms with Gasteiger partial charge in [0.05, 0.1) is 0 Å². The first kappa shape index (κ1) is 14.4. The number of rotatable bonds is 2. The molecule has 0 N–H and O–H groups in total. The van der Waals surface area contributed by atoms with Gasteiger partial charge in [0.25, 0.3) is 0 Å². The van der Waals surface area contributed by atoms with E-state index in [-0.39, 0.29) is 0 Å². The first-order valence-corrected chi connectivity index (χ1v) is 8.24. The van der Waals surface area contributed by atoms with Crippen molar-refractivity contribution >= 4 is 11.3 Å². The van der Waals surface area contributed by atoms with Gasteiger partial charge in [-0.2, -0.15) is 0 Å². The molecule has 2 aliphatic carbocycles. The summed E-state index contributed by atoms with van der Waals surface area (Å²) in [6.45, 7) is 13.3. The maximum Gasteiger partial charge on any atom is 0.0485 e. The van der Waals surface area contributed by atoms with Crippen LogP contribution in [0.1, 0.15) is 57.5 Å². The molecule has 1 aromatic rings. The minimum atomic E-state index is 0.628. The van der Waals surface area contributed by atoms with Crippen molar-refractivity contribution < 1.29 is 0 Å². The van der Waals surface area contributed by atoms with Crippen molar-refractivity contribution in [1.29, 1.82) is 0 Å². The lowest BCUT2D eigenvalue weighted by atomic mass is 9.89. The Morgan fingerprint density at radius 3 is 2.71 bits per heavy atom. The summed E-state index contributed by atoms with van der Waals surface area (Å²) < 4.78 is 2.49. The number of hydrogen-bond donors (Lipinski definition) is 0. The molecule has 0 saturated heterocycles. The molecular formula is C20H27N. The molecule has 0 bridgehead atoms. The fourth-order valence-electron chi connectivity index (χ4n) is 3.88. The Morgan fingerprint density at radius 1 is 1.29 bits per heavy atom. The molecule has 0 aromatic carbocycles. The van der Waals surface area contributed by atoms with Crippen LogP contribution in [0.3, 0.4) is 0 Å². The van der Waals surface area contributed by atoms with Crippen LogP contribution in [0.4, 0.5) is 0 Å². The van der Waals surface area contributed by atoms with Crippen LogP contribution in [0.25, 0.3) is 11.3 Å². The SMILES string of the molecule is C=C(C)c1cc2c(n1C1=CC(C)CC(C)=C1)CCC(C)C2. The molecule has 1 aromatic heterocycles. The third-order valence-corrected chi connectivity index (χ3v) is 4.82. The maximum absolute atomic E-state index is 4.21. The van der Waals surface area contributed by atoms with Crippen LogP contribution in [-0.2, 0) is 12.8 Å². The first-order valence-electron chi connectivity index (χ1n) is 8.24. The van der Waals surface area contributed by atoms with Crippen molar-refractivity contribution in [2.75, 3.05) is 0 Å². The molecule has 21 heavy (non-hydrogen) atoms. The Bertz CT molecular complexity index is 639. The summed E-state index contributed by atoms with van der Waals surface area (Å²) in [5, 5.41) is 0. The molecule has 1 heterocycles. The highest BCUT2D eigenvalue weighted by atomic mass is 15.0. The molecule has 2 atom stereocenters. The van der Waals surface area contributed by atoms with E-state index in [1.807, 2.05) is 0 Å². The van der Waals surface area contributed by atoms with Gasteiger partial charge in [0.2, 0.25) is 0 Å². The van der Waals surface area contributed by atoms with Gasteiger partial charge >= 0.3 is 0 Å². The van der Waals surface area contributed by atoms with E-state index in [4.69, 9.17) is 0 Å². The average Bonchev–Trinajstić information content (AvgIpc) is 2.76. The van der Waals surface area contributed by atoms with E-state index >= 15 is 0 Å². The Hall–Kier alpha value is -1.50. The van der Waals surface area contributed by atoms with Crippen LogP contribution >= 0.6 is 0 Å². The van der Waals surface area contributed by atoms with E-state index in [2.05, 4.69) is 57.1 Å². The van der Waals surface area contributed by atoms with Crippen molar-refractivity contribution in [2.24, 2.45) is 11.8 Å². The summed E-state index contributed by atoms with van der Waals surface area (Å²) in [4.78, 5) is 0. The lowest BCUT2D eigenvalue weighted by molar-refractivity contribution is 0.494. The van der Waals surface area contributed by atoms with Crippen LogP contribution in [0, 0.1) is 11.8 Å². The van der Waals surface area contributed by atoms with E-state index in [9.17, 15) is 0 Å². The highest BCUT2D eigenvalue weighted by Gasteiger charge is 2.24. The molecule has 1 nitrogen and oxygen atoms in total. The van der Waals surface area contributed by atoms with Crippen LogP contribution in [0.5, 0.6) is 0 Å². The smallest absolute Gasteiger partial charge is 0.0485 e. The number of nitrogens with zero attached hydrogens (tertiary/aromatic N) is 1. The summed E-state index contributed by atoms with van der Waals surface area (Å²) in [7, 11) is 0. The van der Waals surface area contributed by atoms with Gasteiger partial charge in [0, 0.05) is 17.1 Å². The number of fused-ring (bicyclic) bond motifs is 1. The molecule has 0 saturated carbocycles. The standard InChI is InChI=1S/C20H27N/c1-13(2)20-12-17-9-14(3)6-7-19(17)21(20)18-10-15(4)8-16(5)11-18/h10-12,14-15H,1,6-9H2,2-5H3. The van der Waals surface area contributed by atoms with Gasteiger partial charge in [-0.3, -0.25) is 0 Å². The lowest BCUT2D eigenvalue weighted by Gasteiger charge is -2.24. The zero-order valence-corrected chi connectivity index (χ0v) is 13.9. The predicted octanol–water partition coefficient (Wildman–Crippen LogP) is 5.47. The van der Waals surface area contributed by atoms with Crippen molar-refractivity contribution in [2.45, 2.75) is 53.4 Å². The summed E-state index contributed by atoms with van der Waals surface area (Å²) >= 11 is 0. The summed E-state index contributed by atoms with van der Waals surface area (Å²) in [6.07, 6.45) is 9.70. The molecular weight excluding hydrogens is 254 g/mol. The van der Waals surface area contributed by atoms with Gasteiger partial charge < -0.3 is 4.57 Å². The second kappa shape index (κ2) is 5.36. The average molecular weight is 281 g/mol. The second-order valence-corrected chi connectivity index (χ2v) is 7.23. The summed E-state index contributed by atoms with van der Waals surface area (Å²) in [6, 6.07) is 2.39. The molecule has 1 heteroatoms. The molecule has 0 aliphatic heterocycles. The third-order valence-electron chi connectivity index (χ3n) is 4.82. The van der Waals surface area contributed by atoms with Gasteiger partial charge in [-0.1, -0.05) is 32.1 Å². The number of aromatic nitrogens is 1. The Kier molecular flexibility index (Phi) is 3.69. The minimum absolute atomic E-state index is 0.628. The molecule has 0 spiro atoms. The Morgan fingerprint density at radius 2 is 2.05 bits per heavy atom. The summed E-state index contributed by atoms with van der Waals surface area (Å²) in [5.41, 5.74) is 8.38. The molecule has 0 amide bonds. The molecule has 2 aliphatic rings. The van der Waals surface area contributed by atoms with Crippen molar-refractivity contribution in [3.63, 3.8) is 0 Å². The monoisotopic (exact) mass is 281 g/mol. The fraction of sp³-hybridized carbons (Fsp3) is 0.500. The quantitative estimate of drug-likeness (QED) is 0.677. The zero-order valence-electron chi connectivity index (χ0n) is 13.9. The molecule has 2 unspecified atom stereocenters. The first-order chi connectivity index (χ1) is 9.95. The topological polar surface area (TPSA) is 4.93 Å². The Balaban J connectivity index is 2.15. The zero-order chi connectivity index (χ0) is 15.1. The second-order valence-electron chi connectivity index (χ2n) is 7.23. The van der Waals surface area contributed by atoms with Gasteiger partial charge in [0.1, 0.15) is 0 Å². The van der Waals surface area contributed by atoms with Crippen molar-refractivity contribution in [3.8, 4) is 0 Å². The number of hydrogen-bond acceptors (Lipinski definition) is 0. The van der Waals surface area contributed by atoms with E-state index < -0.39 is 0 Å². The largest absolute Gasteiger partial charge is 0.314 e. The number of allylic oxidation sites excluding steroid dienone is 5. The van der Waals surface area contributed by atoms with Gasteiger partial charge in [-0.05, 0) is 74.6 Å². The van der Waals surface area contributed by atoms with Gasteiger partial charge in [-0.15, -0.1) is 0 Å².